The van der Waals surface area contributed by atoms with E-state index >= 15 is 0 Å². The molecule has 114 valence electrons. The Bertz CT molecular complexity index is 670. The molecule has 0 unspecified atom stereocenters. The monoisotopic (exact) mass is 315 g/mol. The number of hydrogen-bond acceptors (Lipinski definition) is 4. The summed E-state index contributed by atoms with van der Waals surface area (Å²) in [6.45, 7) is 1.89. The molecule has 2 amide bonds. The minimum atomic E-state index is -0.285. The van der Waals surface area contributed by atoms with Crippen LogP contribution in [0.5, 0.6) is 0 Å². The van der Waals surface area contributed by atoms with Gasteiger partial charge < -0.3 is 0 Å². The van der Waals surface area contributed by atoms with Crippen LogP contribution in [0.15, 0.2) is 41.8 Å². The predicted octanol–water partition coefficient (Wildman–Crippen LogP) is 1.57. The van der Waals surface area contributed by atoms with Crippen molar-refractivity contribution < 1.29 is 9.59 Å². The Labute approximate surface area is 132 Å². The Morgan fingerprint density at radius 1 is 1.09 bits per heavy atom. The van der Waals surface area contributed by atoms with Crippen molar-refractivity contribution in [2.45, 2.75) is 13.0 Å². The molecule has 2 heterocycles. The number of carbonyl (C=O) groups is 2. The summed E-state index contributed by atoms with van der Waals surface area (Å²) in [6, 6.07) is 11.8. The molecule has 2 aromatic rings. The predicted molar refractivity (Wildman–Crippen MR) is 85.4 cm³/mol. The highest BCUT2D eigenvalue weighted by Crippen LogP contribution is 2.17. The molecular formula is C16H17N3O2S. The topological polar surface area (TPSA) is 61.4 Å². The average Bonchev–Trinajstić information content (AvgIpc) is 3.07. The minimum Gasteiger partial charge on any atom is -0.290 e. The fraction of sp³-hybridized carbons (Fsp3) is 0.250. The lowest BCUT2D eigenvalue weighted by atomic mass is 10.00. The number of nitrogens with zero attached hydrogens (tertiary/aromatic N) is 1. The van der Waals surface area contributed by atoms with Crippen LogP contribution >= 0.6 is 11.3 Å². The van der Waals surface area contributed by atoms with Crippen molar-refractivity contribution in [2.24, 2.45) is 0 Å². The molecule has 1 aromatic carbocycles. The van der Waals surface area contributed by atoms with E-state index in [4.69, 9.17) is 0 Å². The Morgan fingerprint density at radius 2 is 1.91 bits per heavy atom. The van der Waals surface area contributed by atoms with Gasteiger partial charge in [-0.15, -0.1) is 11.3 Å². The maximum atomic E-state index is 11.9. The third kappa shape index (κ3) is 3.52. The van der Waals surface area contributed by atoms with Gasteiger partial charge >= 0.3 is 0 Å². The van der Waals surface area contributed by atoms with E-state index in [2.05, 4.69) is 27.9 Å². The van der Waals surface area contributed by atoms with Crippen LogP contribution in [0.4, 0.5) is 0 Å². The molecule has 0 aliphatic carbocycles. The van der Waals surface area contributed by atoms with Crippen molar-refractivity contribution in [1.82, 2.24) is 15.8 Å². The number of carbonyl (C=O) groups excluding carboxylic acids is 2. The second-order valence-electron chi connectivity index (χ2n) is 5.21. The van der Waals surface area contributed by atoms with Gasteiger partial charge in [0.25, 0.3) is 11.8 Å². The van der Waals surface area contributed by atoms with Gasteiger partial charge in [-0.2, -0.15) is 0 Å². The van der Waals surface area contributed by atoms with Crippen LogP contribution in [0.3, 0.4) is 0 Å². The zero-order chi connectivity index (χ0) is 15.4. The number of amides is 2. The third-order valence-electron chi connectivity index (χ3n) is 3.64. The number of rotatable bonds is 3. The fourth-order valence-corrected chi connectivity index (χ4v) is 3.15. The summed E-state index contributed by atoms with van der Waals surface area (Å²) in [6.07, 6.45) is 0.949. The molecule has 5 nitrogen and oxygen atoms in total. The molecule has 0 spiro atoms. The average molecular weight is 315 g/mol. The van der Waals surface area contributed by atoms with Gasteiger partial charge in [0.1, 0.15) is 0 Å². The highest BCUT2D eigenvalue weighted by atomic mass is 32.1. The number of hydrogen-bond donors (Lipinski definition) is 2. The maximum Gasteiger partial charge on any atom is 0.279 e. The first-order valence-corrected chi connectivity index (χ1v) is 8.02. The normalized spacial score (nSPS) is 14.2. The van der Waals surface area contributed by atoms with Crippen LogP contribution < -0.4 is 10.9 Å². The SMILES string of the molecule is O=C(CN1CCc2ccccc2C1)NNC(=O)c1cccs1. The summed E-state index contributed by atoms with van der Waals surface area (Å²) in [7, 11) is 0. The Balaban J connectivity index is 1.48. The summed E-state index contributed by atoms with van der Waals surface area (Å²) in [5, 5.41) is 1.82. The van der Waals surface area contributed by atoms with E-state index in [1.54, 1.807) is 12.1 Å². The summed E-state index contributed by atoms with van der Waals surface area (Å²) in [5.41, 5.74) is 7.53. The van der Waals surface area contributed by atoms with E-state index < -0.39 is 0 Å². The summed E-state index contributed by atoms with van der Waals surface area (Å²) < 4.78 is 0. The second-order valence-corrected chi connectivity index (χ2v) is 6.16. The van der Waals surface area contributed by atoms with Gasteiger partial charge in [-0.1, -0.05) is 30.3 Å². The second kappa shape index (κ2) is 6.72. The lowest BCUT2D eigenvalue weighted by Crippen LogP contribution is -2.47. The fourth-order valence-electron chi connectivity index (χ4n) is 2.53. The van der Waals surface area contributed by atoms with Gasteiger partial charge in [-0.05, 0) is 29.0 Å². The molecule has 0 saturated carbocycles. The number of nitrogens with one attached hydrogen (secondary N) is 2. The van der Waals surface area contributed by atoms with E-state index in [-0.39, 0.29) is 18.4 Å². The maximum absolute atomic E-state index is 11.9. The first kappa shape index (κ1) is 14.7. The van der Waals surface area contributed by atoms with Crippen LogP contribution in [0.2, 0.25) is 0 Å². The standard InChI is InChI=1S/C16H17N3O2S/c20-15(17-18-16(21)14-6-3-9-22-14)11-19-8-7-12-4-1-2-5-13(12)10-19/h1-6,9H,7-8,10-11H2,(H,17,20)(H,18,21). The van der Waals surface area contributed by atoms with Crippen molar-refractivity contribution in [3.63, 3.8) is 0 Å². The van der Waals surface area contributed by atoms with E-state index in [1.807, 2.05) is 17.5 Å². The van der Waals surface area contributed by atoms with Crippen LogP contribution in [-0.4, -0.2) is 29.8 Å². The molecule has 6 heteroatoms. The third-order valence-corrected chi connectivity index (χ3v) is 4.51. The molecule has 2 N–H and O–H groups in total. The molecular weight excluding hydrogens is 298 g/mol. The minimum absolute atomic E-state index is 0.204. The molecule has 0 atom stereocenters. The van der Waals surface area contributed by atoms with Crippen molar-refractivity contribution in [2.75, 3.05) is 13.1 Å². The van der Waals surface area contributed by atoms with Crippen molar-refractivity contribution >= 4 is 23.2 Å². The van der Waals surface area contributed by atoms with Crippen molar-refractivity contribution in [3.8, 4) is 0 Å². The number of thiophene rings is 1. The van der Waals surface area contributed by atoms with Gasteiger partial charge in [-0.3, -0.25) is 25.3 Å². The molecule has 22 heavy (non-hydrogen) atoms. The highest BCUT2D eigenvalue weighted by Gasteiger charge is 2.18. The molecule has 1 aromatic heterocycles. The lowest BCUT2D eigenvalue weighted by molar-refractivity contribution is -0.123. The number of fused-ring (bicyclic) bond motifs is 1. The van der Waals surface area contributed by atoms with Gasteiger partial charge in [-0.25, -0.2) is 0 Å². The van der Waals surface area contributed by atoms with E-state index in [1.165, 1.54) is 22.5 Å². The van der Waals surface area contributed by atoms with Crippen LogP contribution in [0, 0.1) is 0 Å². The molecule has 0 radical (unpaired) electrons. The van der Waals surface area contributed by atoms with Crippen LogP contribution in [-0.2, 0) is 17.8 Å². The van der Waals surface area contributed by atoms with E-state index in [0.717, 1.165) is 19.5 Å². The zero-order valence-corrected chi connectivity index (χ0v) is 12.9. The summed E-state index contributed by atoms with van der Waals surface area (Å²) in [5.74, 6) is -0.489. The van der Waals surface area contributed by atoms with Crippen molar-refractivity contribution in [1.29, 1.82) is 0 Å². The van der Waals surface area contributed by atoms with Gasteiger partial charge in [0.2, 0.25) is 0 Å². The number of benzene rings is 1. The molecule has 1 aliphatic heterocycles. The Kier molecular flexibility index (Phi) is 4.50. The molecule has 0 saturated heterocycles. The Morgan fingerprint density at radius 3 is 2.68 bits per heavy atom. The smallest absolute Gasteiger partial charge is 0.279 e. The van der Waals surface area contributed by atoms with Crippen LogP contribution in [0.1, 0.15) is 20.8 Å². The summed E-state index contributed by atoms with van der Waals surface area (Å²) in [4.78, 5) is 26.3. The number of hydrazine groups is 1. The molecule has 0 fully saturated rings. The molecule has 0 bridgehead atoms. The molecule has 3 rings (SSSR count). The highest BCUT2D eigenvalue weighted by molar-refractivity contribution is 7.12. The first-order chi connectivity index (χ1) is 10.7. The van der Waals surface area contributed by atoms with Crippen molar-refractivity contribution in [3.05, 3.63) is 57.8 Å². The zero-order valence-electron chi connectivity index (χ0n) is 12.0. The molecule has 1 aliphatic rings. The lowest BCUT2D eigenvalue weighted by Gasteiger charge is -2.28. The van der Waals surface area contributed by atoms with Gasteiger partial charge in [0.05, 0.1) is 11.4 Å². The Hall–Kier alpha value is -2.18. The summed E-state index contributed by atoms with van der Waals surface area (Å²) >= 11 is 1.34. The quantitative estimate of drug-likeness (QED) is 0.845. The largest absolute Gasteiger partial charge is 0.290 e. The van der Waals surface area contributed by atoms with E-state index in [9.17, 15) is 9.59 Å². The first-order valence-electron chi connectivity index (χ1n) is 7.14. The van der Waals surface area contributed by atoms with Gasteiger partial charge in [0.15, 0.2) is 0 Å². The van der Waals surface area contributed by atoms with Crippen LogP contribution in [0.25, 0.3) is 0 Å². The van der Waals surface area contributed by atoms with E-state index in [0.29, 0.717) is 4.88 Å². The van der Waals surface area contributed by atoms with Gasteiger partial charge in [0, 0.05) is 13.1 Å².